The van der Waals surface area contributed by atoms with Crippen LogP contribution in [-0.4, -0.2) is 11.1 Å². The van der Waals surface area contributed by atoms with E-state index >= 15 is 0 Å². The minimum atomic E-state index is -1.14. The number of hydrogen-bond donors (Lipinski definition) is 2. The average molecular weight is 318 g/mol. The number of furan rings is 1. The molecule has 0 fully saturated rings. The van der Waals surface area contributed by atoms with E-state index < -0.39 is 11.8 Å². The lowest BCUT2D eigenvalue weighted by molar-refractivity contribution is 0.0660. The van der Waals surface area contributed by atoms with Crippen molar-refractivity contribution in [2.45, 2.75) is 13.0 Å². The number of carbonyl (C=O) groups is 1. The maximum atomic E-state index is 13.3. The molecule has 1 aromatic carbocycles. The van der Waals surface area contributed by atoms with Gasteiger partial charge in [-0.25, -0.2) is 9.18 Å². The first-order valence-electron chi connectivity index (χ1n) is 5.62. The summed E-state index contributed by atoms with van der Waals surface area (Å²) < 4.78 is 18.4. The van der Waals surface area contributed by atoms with Crippen LogP contribution in [0.1, 0.15) is 29.3 Å². The van der Waals surface area contributed by atoms with Crippen molar-refractivity contribution in [1.29, 1.82) is 0 Å². The molecule has 0 saturated heterocycles. The topological polar surface area (TPSA) is 62.5 Å². The number of aromatic carboxylic acids is 1. The van der Waals surface area contributed by atoms with Gasteiger partial charge in [-0.05, 0) is 31.2 Å². The third kappa shape index (κ3) is 3.05. The first-order chi connectivity index (χ1) is 9.38. The summed E-state index contributed by atoms with van der Waals surface area (Å²) >= 11 is 11.4. The minimum Gasteiger partial charge on any atom is -0.475 e. The van der Waals surface area contributed by atoms with E-state index in [1.54, 1.807) is 13.0 Å². The van der Waals surface area contributed by atoms with Crippen molar-refractivity contribution >= 4 is 34.9 Å². The minimum absolute atomic E-state index is 0.0992. The van der Waals surface area contributed by atoms with Gasteiger partial charge in [-0.3, -0.25) is 0 Å². The molecule has 0 aliphatic rings. The van der Waals surface area contributed by atoms with Crippen molar-refractivity contribution in [2.75, 3.05) is 5.32 Å². The smallest absolute Gasteiger partial charge is 0.371 e. The maximum absolute atomic E-state index is 13.3. The van der Waals surface area contributed by atoms with Gasteiger partial charge in [-0.15, -0.1) is 0 Å². The Morgan fingerprint density at radius 3 is 2.45 bits per heavy atom. The highest BCUT2D eigenvalue weighted by atomic mass is 35.5. The molecule has 0 bridgehead atoms. The van der Waals surface area contributed by atoms with Crippen LogP contribution in [0.4, 0.5) is 10.1 Å². The van der Waals surface area contributed by atoms with Crippen LogP contribution in [0.15, 0.2) is 28.7 Å². The Morgan fingerprint density at radius 1 is 1.35 bits per heavy atom. The summed E-state index contributed by atoms with van der Waals surface area (Å²) in [5.41, 5.74) is 0.502. The van der Waals surface area contributed by atoms with Gasteiger partial charge in [-0.1, -0.05) is 23.2 Å². The fraction of sp³-hybridized carbons (Fsp3) is 0.154. The first-order valence-corrected chi connectivity index (χ1v) is 6.38. The third-order valence-electron chi connectivity index (χ3n) is 2.63. The monoisotopic (exact) mass is 317 g/mol. The maximum Gasteiger partial charge on any atom is 0.371 e. The van der Waals surface area contributed by atoms with Crippen molar-refractivity contribution in [3.05, 3.63) is 51.6 Å². The lowest BCUT2D eigenvalue weighted by atomic mass is 10.2. The molecule has 4 nitrogen and oxygen atoms in total. The molecule has 1 unspecified atom stereocenters. The zero-order valence-electron chi connectivity index (χ0n) is 10.3. The zero-order chi connectivity index (χ0) is 14.9. The SMILES string of the molecule is CC(Nc1cc(Cl)c(F)c(Cl)c1)c1ccc(C(=O)O)o1. The van der Waals surface area contributed by atoms with Gasteiger partial charge in [0, 0.05) is 5.69 Å². The number of halogens is 3. The van der Waals surface area contributed by atoms with Crippen LogP contribution >= 0.6 is 23.2 Å². The fourth-order valence-corrected chi connectivity index (χ4v) is 2.15. The number of carboxylic acids is 1. The molecule has 2 rings (SSSR count). The van der Waals surface area contributed by atoms with Crippen LogP contribution < -0.4 is 5.32 Å². The lowest BCUT2D eigenvalue weighted by Crippen LogP contribution is -2.06. The number of nitrogens with one attached hydrogen (secondary N) is 1. The van der Waals surface area contributed by atoms with Crippen LogP contribution in [0.3, 0.4) is 0 Å². The van der Waals surface area contributed by atoms with Gasteiger partial charge in [0.15, 0.2) is 5.82 Å². The molecule has 1 heterocycles. The molecule has 106 valence electrons. The molecule has 0 saturated carbocycles. The standard InChI is InChI=1S/C13H10Cl2FNO3/c1-6(10-2-3-11(20-10)13(18)19)17-7-4-8(14)12(16)9(15)5-7/h2-6,17H,1H3,(H,18,19). The highest BCUT2D eigenvalue weighted by Gasteiger charge is 2.15. The van der Waals surface area contributed by atoms with Crippen molar-refractivity contribution in [2.24, 2.45) is 0 Å². The largest absolute Gasteiger partial charge is 0.475 e. The number of rotatable bonds is 4. The molecule has 2 N–H and O–H groups in total. The third-order valence-corrected chi connectivity index (χ3v) is 3.18. The Labute approximate surface area is 124 Å². The molecule has 7 heteroatoms. The number of benzene rings is 1. The summed E-state index contributed by atoms with van der Waals surface area (Å²) in [4.78, 5) is 10.7. The number of carboxylic acid groups (broad SMARTS) is 1. The van der Waals surface area contributed by atoms with Crippen LogP contribution in [0.2, 0.25) is 10.0 Å². The molecule has 0 aliphatic carbocycles. The number of anilines is 1. The predicted octanol–water partition coefficient (Wildman–Crippen LogP) is 4.60. The first kappa shape index (κ1) is 14.7. The Bertz CT molecular complexity index is 634. The van der Waals surface area contributed by atoms with Crippen LogP contribution in [-0.2, 0) is 0 Å². The van der Waals surface area contributed by atoms with E-state index in [9.17, 15) is 9.18 Å². The fourth-order valence-electron chi connectivity index (χ4n) is 1.66. The highest BCUT2D eigenvalue weighted by Crippen LogP contribution is 2.29. The Balaban J connectivity index is 2.18. The van der Waals surface area contributed by atoms with E-state index in [2.05, 4.69) is 5.32 Å². The Kier molecular flexibility index (Phi) is 4.20. The molecule has 0 radical (unpaired) electrons. The number of hydrogen-bond acceptors (Lipinski definition) is 3. The van der Waals surface area contributed by atoms with Crippen LogP contribution in [0.25, 0.3) is 0 Å². The molecule has 0 spiro atoms. The normalized spacial score (nSPS) is 12.2. The summed E-state index contributed by atoms with van der Waals surface area (Å²) in [5.74, 6) is -1.54. The van der Waals surface area contributed by atoms with Gasteiger partial charge < -0.3 is 14.8 Å². The zero-order valence-corrected chi connectivity index (χ0v) is 11.8. The summed E-state index contributed by atoms with van der Waals surface area (Å²) in [6, 6.07) is 5.36. The molecule has 20 heavy (non-hydrogen) atoms. The van der Waals surface area contributed by atoms with Gasteiger partial charge in [0.1, 0.15) is 5.76 Å². The summed E-state index contributed by atoms with van der Waals surface area (Å²) in [7, 11) is 0. The molecule has 2 aromatic rings. The molecule has 0 aliphatic heterocycles. The second kappa shape index (κ2) is 5.73. The van der Waals surface area contributed by atoms with Gasteiger partial charge in [0.05, 0.1) is 16.1 Å². The Morgan fingerprint density at radius 2 is 1.95 bits per heavy atom. The van der Waals surface area contributed by atoms with Crippen molar-refractivity contribution in [3.8, 4) is 0 Å². The second-order valence-electron chi connectivity index (χ2n) is 4.13. The molecule has 1 aromatic heterocycles. The van der Waals surface area contributed by atoms with Crippen LogP contribution in [0, 0.1) is 5.82 Å². The van der Waals surface area contributed by atoms with Gasteiger partial charge >= 0.3 is 5.97 Å². The van der Waals surface area contributed by atoms with Crippen molar-refractivity contribution in [1.82, 2.24) is 0 Å². The van der Waals surface area contributed by atoms with Crippen molar-refractivity contribution < 1.29 is 18.7 Å². The van der Waals surface area contributed by atoms with Gasteiger partial charge in [0.25, 0.3) is 0 Å². The Hall–Kier alpha value is -1.72. The second-order valence-corrected chi connectivity index (χ2v) is 4.94. The van der Waals surface area contributed by atoms with Gasteiger partial charge in [0.2, 0.25) is 5.76 Å². The van der Waals surface area contributed by atoms with Crippen molar-refractivity contribution in [3.63, 3.8) is 0 Å². The van der Waals surface area contributed by atoms with E-state index in [0.29, 0.717) is 11.4 Å². The quantitative estimate of drug-likeness (QED) is 0.809. The summed E-state index contributed by atoms with van der Waals surface area (Å²) in [6.07, 6.45) is 0. The summed E-state index contributed by atoms with van der Waals surface area (Å²) in [5, 5.41) is 11.6. The highest BCUT2D eigenvalue weighted by molar-refractivity contribution is 6.35. The molecular formula is C13H10Cl2FNO3. The van der Waals surface area contributed by atoms with Crippen LogP contribution in [0.5, 0.6) is 0 Å². The average Bonchev–Trinajstić information content (AvgIpc) is 2.85. The predicted molar refractivity (Wildman–Crippen MR) is 74.1 cm³/mol. The molecule has 0 amide bonds. The van der Waals surface area contributed by atoms with E-state index in [1.165, 1.54) is 18.2 Å². The van der Waals surface area contributed by atoms with E-state index in [-0.39, 0.29) is 21.8 Å². The van der Waals surface area contributed by atoms with Gasteiger partial charge in [-0.2, -0.15) is 0 Å². The molecular weight excluding hydrogens is 308 g/mol. The van der Waals surface area contributed by atoms with E-state index in [1.807, 2.05) is 0 Å². The van der Waals surface area contributed by atoms with E-state index in [0.717, 1.165) is 0 Å². The lowest BCUT2D eigenvalue weighted by Gasteiger charge is -2.13. The summed E-state index contributed by atoms with van der Waals surface area (Å²) in [6.45, 7) is 1.76. The van der Waals surface area contributed by atoms with E-state index in [4.69, 9.17) is 32.7 Å². The molecule has 1 atom stereocenters.